The van der Waals surface area contributed by atoms with Gasteiger partial charge in [-0.05, 0) is 38.3 Å². The molecule has 1 aliphatic heterocycles. The molecule has 1 amide bonds. The zero-order valence-electron chi connectivity index (χ0n) is 14.6. The van der Waals surface area contributed by atoms with Gasteiger partial charge in [-0.2, -0.15) is 0 Å². The minimum absolute atomic E-state index is 0.0974. The maximum Gasteiger partial charge on any atom is 0.223 e. The molecule has 0 radical (unpaired) electrons. The number of aromatic nitrogens is 3. The van der Waals surface area contributed by atoms with Crippen LogP contribution in [0.25, 0.3) is 5.13 Å². The fraction of sp³-hybridized carbons (Fsp3) is 0.588. The summed E-state index contributed by atoms with van der Waals surface area (Å²) in [6.07, 6.45) is 6.51. The van der Waals surface area contributed by atoms with Crippen molar-refractivity contribution in [2.45, 2.75) is 26.2 Å². The molecule has 1 saturated heterocycles. The van der Waals surface area contributed by atoms with Gasteiger partial charge < -0.3 is 15.0 Å². The lowest BCUT2D eigenvalue weighted by Gasteiger charge is -2.30. The number of hydrogen-bond acceptors (Lipinski definition) is 6. The van der Waals surface area contributed by atoms with E-state index in [2.05, 4.69) is 20.4 Å². The molecule has 0 aliphatic carbocycles. The fourth-order valence-electron chi connectivity index (χ4n) is 2.91. The van der Waals surface area contributed by atoms with Crippen LogP contribution in [0.15, 0.2) is 24.5 Å². The van der Waals surface area contributed by atoms with Crippen LogP contribution in [0, 0.1) is 5.92 Å². The summed E-state index contributed by atoms with van der Waals surface area (Å²) in [5.74, 6) is 0.265. The van der Waals surface area contributed by atoms with E-state index in [4.69, 9.17) is 4.74 Å². The highest BCUT2D eigenvalue weighted by Gasteiger charge is 2.26. The molecule has 2 aromatic rings. The molecule has 0 aromatic carbocycles. The van der Waals surface area contributed by atoms with Crippen LogP contribution in [0.3, 0.4) is 0 Å². The lowest BCUT2D eigenvalue weighted by Crippen LogP contribution is -2.40. The Labute approximate surface area is 152 Å². The van der Waals surface area contributed by atoms with Crippen molar-refractivity contribution in [2.75, 3.05) is 37.7 Å². The summed E-state index contributed by atoms with van der Waals surface area (Å²) in [6, 6.07) is 3.94. The van der Waals surface area contributed by atoms with Crippen LogP contribution in [-0.4, -0.2) is 53.5 Å². The summed E-state index contributed by atoms with van der Waals surface area (Å²) in [5.41, 5.74) is 0. The number of ether oxygens (including phenoxy) is 1. The second kappa shape index (κ2) is 8.96. The van der Waals surface area contributed by atoms with E-state index in [1.165, 1.54) is 0 Å². The van der Waals surface area contributed by atoms with Crippen molar-refractivity contribution in [3.63, 3.8) is 0 Å². The molecule has 136 valence electrons. The van der Waals surface area contributed by atoms with E-state index in [1.54, 1.807) is 11.3 Å². The molecule has 3 heterocycles. The van der Waals surface area contributed by atoms with Gasteiger partial charge in [0.15, 0.2) is 0 Å². The predicted molar refractivity (Wildman–Crippen MR) is 98.3 cm³/mol. The first-order valence-electron chi connectivity index (χ1n) is 8.85. The summed E-state index contributed by atoms with van der Waals surface area (Å²) in [5, 5.41) is 13.4. The summed E-state index contributed by atoms with van der Waals surface area (Å²) in [7, 11) is 0. The smallest absolute Gasteiger partial charge is 0.223 e. The monoisotopic (exact) mass is 363 g/mol. The van der Waals surface area contributed by atoms with Gasteiger partial charge in [-0.1, -0.05) is 11.3 Å². The maximum absolute atomic E-state index is 12.2. The molecule has 7 nitrogen and oxygen atoms in total. The SMILES string of the molecule is CCOCCCNC(=O)C1CCN(c2nnc(-n3cccc3)s2)CC1. The van der Waals surface area contributed by atoms with E-state index in [1.807, 2.05) is 36.0 Å². The van der Waals surface area contributed by atoms with Gasteiger partial charge in [0.25, 0.3) is 0 Å². The Kier molecular flexibility index (Phi) is 6.41. The number of nitrogens with one attached hydrogen (secondary N) is 1. The van der Waals surface area contributed by atoms with E-state index in [9.17, 15) is 4.79 Å². The highest BCUT2D eigenvalue weighted by atomic mass is 32.1. The Morgan fingerprint density at radius 1 is 1.28 bits per heavy atom. The molecule has 25 heavy (non-hydrogen) atoms. The third-order valence-corrected chi connectivity index (χ3v) is 5.33. The summed E-state index contributed by atoms with van der Waals surface area (Å²) < 4.78 is 7.24. The highest BCUT2D eigenvalue weighted by Crippen LogP contribution is 2.27. The average molecular weight is 363 g/mol. The number of carbonyl (C=O) groups excluding carboxylic acids is 1. The maximum atomic E-state index is 12.2. The van der Waals surface area contributed by atoms with Crippen molar-refractivity contribution in [2.24, 2.45) is 5.92 Å². The van der Waals surface area contributed by atoms with Gasteiger partial charge in [0.1, 0.15) is 0 Å². The number of nitrogens with zero attached hydrogens (tertiary/aromatic N) is 4. The second-order valence-electron chi connectivity index (χ2n) is 6.06. The molecule has 2 aromatic heterocycles. The molecule has 0 spiro atoms. The molecule has 0 bridgehead atoms. The number of rotatable bonds is 8. The summed E-state index contributed by atoms with van der Waals surface area (Å²) >= 11 is 1.58. The van der Waals surface area contributed by atoms with Gasteiger partial charge in [0.05, 0.1) is 0 Å². The van der Waals surface area contributed by atoms with Gasteiger partial charge in [-0.15, -0.1) is 10.2 Å². The molecule has 3 rings (SSSR count). The normalized spacial score (nSPS) is 15.5. The molecular formula is C17H25N5O2S. The van der Waals surface area contributed by atoms with Crippen molar-refractivity contribution in [1.29, 1.82) is 0 Å². The lowest BCUT2D eigenvalue weighted by molar-refractivity contribution is -0.125. The molecule has 1 fully saturated rings. The van der Waals surface area contributed by atoms with Crippen LogP contribution in [0.4, 0.5) is 5.13 Å². The number of piperidine rings is 1. The van der Waals surface area contributed by atoms with Crippen molar-refractivity contribution >= 4 is 22.4 Å². The van der Waals surface area contributed by atoms with Crippen molar-refractivity contribution in [3.8, 4) is 5.13 Å². The summed E-state index contributed by atoms with van der Waals surface area (Å²) in [6.45, 7) is 5.79. The zero-order valence-corrected chi connectivity index (χ0v) is 15.4. The van der Waals surface area contributed by atoms with Crippen molar-refractivity contribution in [3.05, 3.63) is 24.5 Å². The fourth-order valence-corrected chi connectivity index (χ4v) is 3.78. The molecule has 0 saturated carbocycles. The van der Waals surface area contributed by atoms with Gasteiger partial charge in [-0.25, -0.2) is 0 Å². The lowest BCUT2D eigenvalue weighted by atomic mass is 9.96. The molecule has 1 N–H and O–H groups in total. The van der Waals surface area contributed by atoms with Crippen LogP contribution in [0.5, 0.6) is 0 Å². The van der Waals surface area contributed by atoms with Crippen LogP contribution in [-0.2, 0) is 9.53 Å². The third-order valence-electron chi connectivity index (χ3n) is 4.33. The van der Waals surface area contributed by atoms with Crippen LogP contribution in [0.2, 0.25) is 0 Å². The van der Waals surface area contributed by atoms with E-state index in [0.717, 1.165) is 49.2 Å². The van der Waals surface area contributed by atoms with Gasteiger partial charge in [-0.3, -0.25) is 9.36 Å². The highest BCUT2D eigenvalue weighted by molar-refractivity contribution is 7.17. The van der Waals surface area contributed by atoms with E-state index < -0.39 is 0 Å². The molecule has 8 heteroatoms. The van der Waals surface area contributed by atoms with E-state index >= 15 is 0 Å². The second-order valence-corrected chi connectivity index (χ2v) is 6.99. The Hall–Kier alpha value is -1.93. The zero-order chi connectivity index (χ0) is 17.5. The molecule has 1 aliphatic rings. The molecular weight excluding hydrogens is 338 g/mol. The molecule has 0 unspecified atom stereocenters. The molecule has 0 atom stereocenters. The topological polar surface area (TPSA) is 72.3 Å². The van der Waals surface area contributed by atoms with Crippen molar-refractivity contribution < 1.29 is 9.53 Å². The minimum atomic E-state index is 0.0974. The Morgan fingerprint density at radius 2 is 2.00 bits per heavy atom. The first-order valence-corrected chi connectivity index (χ1v) is 9.67. The van der Waals surface area contributed by atoms with Crippen molar-refractivity contribution in [1.82, 2.24) is 20.1 Å². The quantitative estimate of drug-likeness (QED) is 0.727. The third kappa shape index (κ3) is 4.79. The van der Waals surface area contributed by atoms with Crippen LogP contribution < -0.4 is 10.2 Å². The summed E-state index contributed by atoms with van der Waals surface area (Å²) in [4.78, 5) is 14.5. The first kappa shape index (κ1) is 17.9. The van der Waals surface area contributed by atoms with E-state index in [-0.39, 0.29) is 11.8 Å². The number of amides is 1. The largest absolute Gasteiger partial charge is 0.382 e. The number of anilines is 1. The Bertz CT molecular complexity index is 650. The van der Waals surface area contributed by atoms with Gasteiger partial charge in [0.2, 0.25) is 16.2 Å². The van der Waals surface area contributed by atoms with Gasteiger partial charge in [0, 0.05) is 51.2 Å². The standard InChI is InChI=1S/C17H25N5O2S/c1-2-24-13-5-8-18-15(23)14-6-11-22(12-7-14)17-20-19-16(25-17)21-9-3-4-10-21/h3-4,9-10,14H,2,5-8,11-13H2,1H3,(H,18,23). The minimum Gasteiger partial charge on any atom is -0.382 e. The Balaban J connectivity index is 1.43. The van der Waals surface area contributed by atoms with E-state index in [0.29, 0.717) is 13.2 Å². The average Bonchev–Trinajstić information content (AvgIpc) is 3.33. The van der Waals surface area contributed by atoms with Gasteiger partial charge >= 0.3 is 0 Å². The van der Waals surface area contributed by atoms with Crippen LogP contribution in [0.1, 0.15) is 26.2 Å². The Morgan fingerprint density at radius 3 is 2.72 bits per heavy atom. The number of carbonyl (C=O) groups is 1. The first-order chi connectivity index (χ1) is 12.3. The predicted octanol–water partition coefficient (Wildman–Crippen LogP) is 2.09. The van der Waals surface area contributed by atoms with Crippen LogP contribution >= 0.6 is 11.3 Å². The number of hydrogen-bond donors (Lipinski definition) is 1.